The number of carbonyl (C=O) groups excluding carboxylic acids is 1. The summed E-state index contributed by atoms with van der Waals surface area (Å²) in [6.07, 6.45) is 0.804. The molecule has 1 aliphatic rings. The molecule has 2 rings (SSSR count). The van der Waals surface area contributed by atoms with Crippen LogP contribution in [0.1, 0.15) is 22.8 Å². The second kappa shape index (κ2) is 4.57. The van der Waals surface area contributed by atoms with E-state index in [1.54, 1.807) is 11.0 Å². The quantitative estimate of drug-likeness (QED) is 0.858. The number of benzene rings is 1. The Kier molecular flexibility index (Phi) is 3.13. The van der Waals surface area contributed by atoms with Crippen LogP contribution in [0, 0.1) is 5.92 Å². The van der Waals surface area contributed by atoms with Crippen LogP contribution in [0.2, 0.25) is 0 Å². The predicted octanol–water partition coefficient (Wildman–Crippen LogP) is 1.41. The van der Waals surface area contributed by atoms with Gasteiger partial charge in [-0.2, -0.15) is 0 Å². The Bertz CT molecular complexity index is 450. The van der Waals surface area contributed by atoms with Crippen LogP contribution in [0.3, 0.4) is 0 Å². The molecular weight excluding hydrogens is 218 g/mol. The van der Waals surface area contributed by atoms with Crippen LogP contribution in [0.5, 0.6) is 0 Å². The smallest absolute Gasteiger partial charge is 0.310 e. The zero-order valence-corrected chi connectivity index (χ0v) is 9.72. The average molecular weight is 233 g/mol. The SMILES string of the molecule is CCc1ccccc1C(=O)N1CC(C(=O)O)C1. The summed E-state index contributed by atoms with van der Waals surface area (Å²) in [6.45, 7) is 2.65. The number of carboxylic acid groups (broad SMARTS) is 1. The minimum Gasteiger partial charge on any atom is -0.481 e. The molecule has 90 valence electrons. The summed E-state index contributed by atoms with van der Waals surface area (Å²) in [5.74, 6) is -1.27. The Hall–Kier alpha value is -1.84. The topological polar surface area (TPSA) is 57.6 Å². The van der Waals surface area contributed by atoms with E-state index in [0.717, 1.165) is 12.0 Å². The first-order valence-electron chi connectivity index (χ1n) is 5.73. The number of likely N-dealkylation sites (tertiary alicyclic amines) is 1. The van der Waals surface area contributed by atoms with Gasteiger partial charge in [-0.25, -0.2) is 0 Å². The standard InChI is InChI=1S/C13H15NO3/c1-2-9-5-3-4-6-11(9)12(15)14-7-10(8-14)13(16)17/h3-6,10H,2,7-8H2,1H3,(H,16,17). The molecule has 1 N–H and O–H groups in total. The number of amides is 1. The summed E-state index contributed by atoms with van der Waals surface area (Å²) in [6, 6.07) is 7.48. The minimum atomic E-state index is -0.821. The highest BCUT2D eigenvalue weighted by molar-refractivity contribution is 5.97. The monoisotopic (exact) mass is 233 g/mol. The van der Waals surface area contributed by atoms with Gasteiger partial charge in [0.15, 0.2) is 0 Å². The van der Waals surface area contributed by atoms with Crippen LogP contribution in [0.25, 0.3) is 0 Å². The second-order valence-electron chi connectivity index (χ2n) is 4.26. The summed E-state index contributed by atoms with van der Waals surface area (Å²) in [7, 11) is 0. The molecule has 0 atom stereocenters. The number of aliphatic carboxylic acids is 1. The molecule has 4 heteroatoms. The van der Waals surface area contributed by atoms with E-state index in [-0.39, 0.29) is 5.91 Å². The third kappa shape index (κ3) is 2.16. The molecule has 0 unspecified atom stereocenters. The van der Waals surface area contributed by atoms with Crippen LogP contribution in [-0.4, -0.2) is 35.0 Å². The fourth-order valence-electron chi connectivity index (χ4n) is 2.01. The normalized spacial score (nSPS) is 15.5. The van der Waals surface area contributed by atoms with Crippen molar-refractivity contribution in [1.29, 1.82) is 0 Å². The van der Waals surface area contributed by atoms with Crippen molar-refractivity contribution in [2.75, 3.05) is 13.1 Å². The maximum atomic E-state index is 12.1. The lowest BCUT2D eigenvalue weighted by atomic mass is 9.97. The molecule has 1 aromatic carbocycles. The molecule has 0 aliphatic carbocycles. The van der Waals surface area contributed by atoms with Gasteiger partial charge in [-0.05, 0) is 18.1 Å². The van der Waals surface area contributed by atoms with Gasteiger partial charge in [0.2, 0.25) is 0 Å². The molecule has 17 heavy (non-hydrogen) atoms. The first-order chi connectivity index (χ1) is 8.13. The summed E-state index contributed by atoms with van der Waals surface area (Å²) in [5.41, 5.74) is 1.70. The van der Waals surface area contributed by atoms with Crippen molar-refractivity contribution in [3.05, 3.63) is 35.4 Å². The van der Waals surface area contributed by atoms with Crippen LogP contribution < -0.4 is 0 Å². The van der Waals surface area contributed by atoms with E-state index in [1.807, 2.05) is 25.1 Å². The van der Waals surface area contributed by atoms with Crippen LogP contribution in [0.4, 0.5) is 0 Å². The second-order valence-corrected chi connectivity index (χ2v) is 4.26. The largest absolute Gasteiger partial charge is 0.481 e. The molecule has 1 fully saturated rings. The Morgan fingerprint density at radius 2 is 2.00 bits per heavy atom. The molecule has 0 aromatic heterocycles. The molecule has 4 nitrogen and oxygen atoms in total. The number of nitrogens with zero attached hydrogens (tertiary/aromatic N) is 1. The number of hydrogen-bond acceptors (Lipinski definition) is 2. The summed E-state index contributed by atoms with van der Waals surface area (Å²) in [4.78, 5) is 24.4. The van der Waals surface area contributed by atoms with E-state index < -0.39 is 11.9 Å². The van der Waals surface area contributed by atoms with Gasteiger partial charge >= 0.3 is 5.97 Å². The van der Waals surface area contributed by atoms with E-state index in [4.69, 9.17) is 5.11 Å². The Morgan fingerprint density at radius 3 is 2.59 bits per heavy atom. The number of carboxylic acids is 1. The summed E-state index contributed by atoms with van der Waals surface area (Å²) >= 11 is 0. The molecule has 0 spiro atoms. The molecule has 1 heterocycles. The molecule has 0 bridgehead atoms. The third-order valence-electron chi connectivity index (χ3n) is 3.15. The minimum absolute atomic E-state index is 0.0556. The van der Waals surface area contributed by atoms with Gasteiger partial charge in [0.1, 0.15) is 0 Å². The van der Waals surface area contributed by atoms with Crippen molar-refractivity contribution >= 4 is 11.9 Å². The zero-order valence-electron chi connectivity index (χ0n) is 9.72. The van der Waals surface area contributed by atoms with Gasteiger partial charge in [0.25, 0.3) is 5.91 Å². The Morgan fingerprint density at radius 1 is 1.35 bits per heavy atom. The van der Waals surface area contributed by atoms with Crippen molar-refractivity contribution in [3.8, 4) is 0 Å². The molecule has 1 aliphatic heterocycles. The molecule has 0 radical (unpaired) electrons. The van der Waals surface area contributed by atoms with Crippen molar-refractivity contribution in [2.24, 2.45) is 5.92 Å². The third-order valence-corrected chi connectivity index (χ3v) is 3.15. The average Bonchev–Trinajstić information content (AvgIpc) is 2.26. The van der Waals surface area contributed by atoms with Gasteiger partial charge in [-0.1, -0.05) is 25.1 Å². The van der Waals surface area contributed by atoms with E-state index in [9.17, 15) is 9.59 Å². The number of carbonyl (C=O) groups is 2. The lowest BCUT2D eigenvalue weighted by Crippen LogP contribution is -2.53. The van der Waals surface area contributed by atoms with E-state index >= 15 is 0 Å². The zero-order chi connectivity index (χ0) is 12.4. The van der Waals surface area contributed by atoms with Gasteiger partial charge in [0.05, 0.1) is 5.92 Å². The summed E-state index contributed by atoms with van der Waals surface area (Å²) < 4.78 is 0. The van der Waals surface area contributed by atoms with Crippen LogP contribution >= 0.6 is 0 Å². The fraction of sp³-hybridized carbons (Fsp3) is 0.385. The fourth-order valence-corrected chi connectivity index (χ4v) is 2.01. The Balaban J connectivity index is 2.09. The summed E-state index contributed by atoms with van der Waals surface area (Å²) in [5, 5.41) is 8.77. The van der Waals surface area contributed by atoms with Crippen LogP contribution in [0.15, 0.2) is 24.3 Å². The van der Waals surface area contributed by atoms with Crippen molar-refractivity contribution < 1.29 is 14.7 Å². The highest BCUT2D eigenvalue weighted by atomic mass is 16.4. The molecule has 1 aromatic rings. The lowest BCUT2D eigenvalue weighted by Gasteiger charge is -2.37. The van der Waals surface area contributed by atoms with Crippen molar-refractivity contribution in [2.45, 2.75) is 13.3 Å². The number of aryl methyl sites for hydroxylation is 1. The molecule has 0 saturated carbocycles. The van der Waals surface area contributed by atoms with E-state index in [1.165, 1.54) is 0 Å². The first kappa shape index (κ1) is 11.6. The van der Waals surface area contributed by atoms with Crippen molar-refractivity contribution in [1.82, 2.24) is 4.90 Å². The first-order valence-corrected chi connectivity index (χ1v) is 5.73. The van der Waals surface area contributed by atoms with Gasteiger partial charge < -0.3 is 10.0 Å². The maximum Gasteiger partial charge on any atom is 0.310 e. The van der Waals surface area contributed by atoms with Crippen LogP contribution in [-0.2, 0) is 11.2 Å². The lowest BCUT2D eigenvalue weighted by molar-refractivity contribution is -0.146. The van der Waals surface area contributed by atoms with Crippen molar-refractivity contribution in [3.63, 3.8) is 0 Å². The molecule has 1 amide bonds. The van der Waals surface area contributed by atoms with E-state index in [2.05, 4.69) is 0 Å². The number of hydrogen-bond donors (Lipinski definition) is 1. The Labute approximate surface area is 99.9 Å². The predicted molar refractivity (Wildman–Crippen MR) is 62.8 cm³/mol. The van der Waals surface area contributed by atoms with E-state index in [0.29, 0.717) is 18.7 Å². The maximum absolute atomic E-state index is 12.1. The molecule has 1 saturated heterocycles. The number of rotatable bonds is 3. The molecular formula is C13H15NO3. The highest BCUT2D eigenvalue weighted by Crippen LogP contribution is 2.20. The van der Waals surface area contributed by atoms with Gasteiger partial charge in [-0.15, -0.1) is 0 Å². The van der Waals surface area contributed by atoms with Gasteiger partial charge in [-0.3, -0.25) is 9.59 Å². The highest BCUT2D eigenvalue weighted by Gasteiger charge is 2.36. The van der Waals surface area contributed by atoms with Gasteiger partial charge in [0, 0.05) is 18.7 Å².